The second-order valence-electron chi connectivity index (χ2n) is 4.60. The normalized spacial score (nSPS) is 14.7. The van der Waals surface area contributed by atoms with Gasteiger partial charge in [0.2, 0.25) is 10.0 Å². The average molecular weight is 333 g/mol. The lowest BCUT2D eigenvalue weighted by atomic mass is 10.1. The van der Waals surface area contributed by atoms with Crippen LogP contribution in [0.15, 0.2) is 23.1 Å². The van der Waals surface area contributed by atoms with Gasteiger partial charge in [-0.2, -0.15) is 11.8 Å². The van der Waals surface area contributed by atoms with Crippen LogP contribution in [0.3, 0.4) is 0 Å². The van der Waals surface area contributed by atoms with Gasteiger partial charge in [-0.1, -0.05) is 6.07 Å². The molecule has 118 valence electrons. The maximum Gasteiger partial charge on any atom is 0.335 e. The fourth-order valence-corrected chi connectivity index (χ4v) is 4.22. The Morgan fingerprint density at radius 3 is 2.52 bits per heavy atom. The number of aromatic carboxylic acids is 1. The maximum absolute atomic E-state index is 12.4. The largest absolute Gasteiger partial charge is 0.478 e. The summed E-state index contributed by atoms with van der Waals surface area (Å²) >= 11 is 1.36. The minimum Gasteiger partial charge on any atom is -0.478 e. The van der Waals surface area contributed by atoms with Gasteiger partial charge in [0, 0.05) is 11.3 Å². The standard InChI is InChI=1S/C13H19NO5S2/c1-8-10(13(16)17)5-4-6-12(8)21(18,19)14-9(2)11(7-15)20-3/h4-6,9,11,14-15H,7H2,1-3H3,(H,16,17). The first-order valence-corrected chi connectivity index (χ1v) is 9.00. The van der Waals surface area contributed by atoms with E-state index in [0.717, 1.165) is 0 Å². The average Bonchev–Trinajstić information content (AvgIpc) is 2.39. The molecule has 0 spiro atoms. The number of aliphatic hydroxyl groups is 1. The Bertz CT molecular complexity index is 611. The number of thioether (sulfide) groups is 1. The second-order valence-corrected chi connectivity index (χ2v) is 7.36. The molecule has 1 rings (SSSR count). The summed E-state index contributed by atoms with van der Waals surface area (Å²) in [5, 5.41) is 18.0. The van der Waals surface area contributed by atoms with Crippen LogP contribution in [0.4, 0.5) is 0 Å². The number of nitrogens with one attached hydrogen (secondary N) is 1. The van der Waals surface area contributed by atoms with E-state index in [-0.39, 0.29) is 27.9 Å². The van der Waals surface area contributed by atoms with Crippen LogP contribution in [0.5, 0.6) is 0 Å². The summed E-state index contributed by atoms with van der Waals surface area (Å²) in [5.74, 6) is -1.17. The topological polar surface area (TPSA) is 104 Å². The minimum absolute atomic E-state index is 0.0471. The molecule has 0 aliphatic rings. The molecule has 6 nitrogen and oxygen atoms in total. The second kappa shape index (κ2) is 7.26. The maximum atomic E-state index is 12.4. The van der Waals surface area contributed by atoms with E-state index in [1.807, 2.05) is 0 Å². The lowest BCUT2D eigenvalue weighted by Crippen LogP contribution is -2.41. The highest BCUT2D eigenvalue weighted by Gasteiger charge is 2.25. The first kappa shape index (κ1) is 18.0. The summed E-state index contributed by atoms with van der Waals surface area (Å²) in [7, 11) is -3.85. The van der Waals surface area contributed by atoms with E-state index in [2.05, 4.69) is 4.72 Å². The zero-order valence-corrected chi connectivity index (χ0v) is 13.7. The number of carbonyl (C=O) groups is 1. The molecule has 2 atom stereocenters. The molecular formula is C13H19NO5S2. The van der Waals surface area contributed by atoms with Crippen molar-refractivity contribution >= 4 is 27.8 Å². The molecule has 8 heteroatoms. The van der Waals surface area contributed by atoms with Gasteiger partial charge in [-0.25, -0.2) is 17.9 Å². The summed E-state index contributed by atoms with van der Waals surface area (Å²) in [6.45, 7) is 2.96. The molecule has 21 heavy (non-hydrogen) atoms. The van der Waals surface area contributed by atoms with Gasteiger partial charge in [-0.3, -0.25) is 0 Å². The number of rotatable bonds is 7. The Morgan fingerprint density at radius 1 is 1.43 bits per heavy atom. The fraction of sp³-hybridized carbons (Fsp3) is 0.462. The smallest absolute Gasteiger partial charge is 0.335 e. The quantitative estimate of drug-likeness (QED) is 0.690. The van der Waals surface area contributed by atoms with E-state index in [9.17, 15) is 18.3 Å². The molecule has 2 unspecified atom stereocenters. The summed E-state index contributed by atoms with van der Waals surface area (Å²) in [6.07, 6.45) is 1.78. The molecule has 3 N–H and O–H groups in total. The predicted molar refractivity (Wildman–Crippen MR) is 82.3 cm³/mol. The molecule has 1 aromatic rings. The summed E-state index contributed by atoms with van der Waals surface area (Å²) in [4.78, 5) is 11.0. The fourth-order valence-electron chi connectivity index (χ4n) is 1.96. The third-order valence-electron chi connectivity index (χ3n) is 3.19. The molecule has 0 heterocycles. The van der Waals surface area contributed by atoms with Crippen LogP contribution in [0, 0.1) is 6.92 Å². The van der Waals surface area contributed by atoms with Crippen molar-refractivity contribution in [3.63, 3.8) is 0 Å². The molecule has 1 aromatic carbocycles. The summed E-state index contributed by atoms with van der Waals surface area (Å²) in [5.41, 5.74) is 0.142. The van der Waals surface area contributed by atoms with Gasteiger partial charge in [0.05, 0.1) is 17.1 Å². The zero-order valence-electron chi connectivity index (χ0n) is 12.0. The number of hydrogen-bond acceptors (Lipinski definition) is 5. The lowest BCUT2D eigenvalue weighted by molar-refractivity contribution is 0.0696. The first-order chi connectivity index (χ1) is 9.74. The molecule has 0 aromatic heterocycles. The Morgan fingerprint density at radius 2 is 2.05 bits per heavy atom. The molecular weight excluding hydrogens is 314 g/mol. The van der Waals surface area contributed by atoms with Gasteiger partial charge in [0.1, 0.15) is 0 Å². The molecule has 0 radical (unpaired) electrons. The van der Waals surface area contributed by atoms with E-state index in [1.165, 1.54) is 36.9 Å². The summed E-state index contributed by atoms with van der Waals surface area (Å²) in [6, 6.07) is 3.64. The van der Waals surface area contributed by atoms with Crippen molar-refractivity contribution in [3.05, 3.63) is 29.3 Å². The SMILES string of the molecule is CSC(CO)C(C)NS(=O)(=O)c1cccc(C(=O)O)c1C. The van der Waals surface area contributed by atoms with Crippen molar-refractivity contribution < 1.29 is 23.4 Å². The monoisotopic (exact) mass is 333 g/mol. The van der Waals surface area contributed by atoms with Crippen molar-refractivity contribution in [3.8, 4) is 0 Å². The number of benzene rings is 1. The molecule has 0 aliphatic carbocycles. The van der Waals surface area contributed by atoms with E-state index in [1.54, 1.807) is 13.2 Å². The van der Waals surface area contributed by atoms with Gasteiger partial charge in [0.25, 0.3) is 0 Å². The third-order valence-corrected chi connectivity index (χ3v) is 6.05. The number of carboxylic acid groups (broad SMARTS) is 1. The minimum atomic E-state index is -3.85. The van der Waals surface area contributed by atoms with Crippen molar-refractivity contribution in [2.75, 3.05) is 12.9 Å². The molecule has 0 amide bonds. The molecule has 0 aliphatic heterocycles. The highest BCUT2D eigenvalue weighted by molar-refractivity contribution is 7.99. The van der Waals surface area contributed by atoms with Crippen LogP contribution in [-0.4, -0.2) is 48.8 Å². The Labute approximate surface area is 128 Å². The van der Waals surface area contributed by atoms with Crippen LogP contribution in [0.25, 0.3) is 0 Å². The predicted octanol–water partition coefficient (Wildman–Crippen LogP) is 1.08. The third kappa shape index (κ3) is 4.19. The highest BCUT2D eigenvalue weighted by atomic mass is 32.2. The van der Waals surface area contributed by atoms with Gasteiger partial charge in [-0.05, 0) is 37.8 Å². The summed E-state index contributed by atoms with van der Waals surface area (Å²) < 4.78 is 27.2. The van der Waals surface area contributed by atoms with Crippen LogP contribution in [-0.2, 0) is 10.0 Å². The Hall–Kier alpha value is -1.09. The van der Waals surface area contributed by atoms with Crippen molar-refractivity contribution in [1.29, 1.82) is 0 Å². The number of aliphatic hydroxyl groups excluding tert-OH is 1. The van der Waals surface area contributed by atoms with Crippen LogP contribution in [0.1, 0.15) is 22.8 Å². The van der Waals surface area contributed by atoms with E-state index in [4.69, 9.17) is 5.11 Å². The van der Waals surface area contributed by atoms with E-state index in [0.29, 0.717) is 0 Å². The van der Waals surface area contributed by atoms with Gasteiger partial charge in [-0.15, -0.1) is 0 Å². The van der Waals surface area contributed by atoms with Crippen molar-refractivity contribution in [2.24, 2.45) is 0 Å². The van der Waals surface area contributed by atoms with Crippen LogP contribution in [0.2, 0.25) is 0 Å². The van der Waals surface area contributed by atoms with Gasteiger partial charge in [0.15, 0.2) is 0 Å². The zero-order chi connectivity index (χ0) is 16.2. The Balaban J connectivity index is 3.15. The lowest BCUT2D eigenvalue weighted by Gasteiger charge is -2.22. The van der Waals surface area contributed by atoms with E-state index >= 15 is 0 Å². The van der Waals surface area contributed by atoms with Crippen molar-refractivity contribution in [2.45, 2.75) is 30.0 Å². The number of hydrogen-bond donors (Lipinski definition) is 3. The number of carboxylic acids is 1. The Kier molecular flexibility index (Phi) is 6.21. The van der Waals surface area contributed by atoms with E-state index < -0.39 is 22.0 Å². The number of sulfonamides is 1. The molecule has 0 bridgehead atoms. The van der Waals surface area contributed by atoms with Crippen LogP contribution >= 0.6 is 11.8 Å². The van der Waals surface area contributed by atoms with Gasteiger partial charge < -0.3 is 10.2 Å². The highest BCUT2D eigenvalue weighted by Crippen LogP contribution is 2.20. The first-order valence-electron chi connectivity index (χ1n) is 6.23. The molecule has 0 fully saturated rings. The molecule has 0 saturated heterocycles. The van der Waals surface area contributed by atoms with Crippen LogP contribution < -0.4 is 4.72 Å². The van der Waals surface area contributed by atoms with Crippen molar-refractivity contribution in [1.82, 2.24) is 4.72 Å². The van der Waals surface area contributed by atoms with Gasteiger partial charge >= 0.3 is 5.97 Å². The molecule has 0 saturated carbocycles.